The smallest absolute Gasteiger partial charge is 0.347 e. The molecule has 2 aromatic carbocycles. The van der Waals surface area contributed by atoms with Gasteiger partial charge in [-0.05, 0) is 30.3 Å². The highest BCUT2D eigenvalue weighted by atomic mass is 35.5. The molecule has 0 saturated carbocycles. The number of halogens is 2. The number of hydrogen-bond acceptors (Lipinski definition) is 6. The van der Waals surface area contributed by atoms with E-state index in [0.717, 1.165) is 14.2 Å². The highest BCUT2D eigenvalue weighted by molar-refractivity contribution is 6.31. The molecule has 144 valence electrons. The first kappa shape index (κ1) is 19.6. The van der Waals surface area contributed by atoms with Crippen molar-refractivity contribution in [3.05, 3.63) is 75.7 Å². The normalized spacial score (nSPS) is 12.9. The topological polar surface area (TPSA) is 77.0 Å². The first-order valence-electron chi connectivity index (χ1n) is 8.22. The van der Waals surface area contributed by atoms with Crippen molar-refractivity contribution in [3.63, 3.8) is 0 Å². The summed E-state index contributed by atoms with van der Waals surface area (Å²) in [6, 6.07) is 11.1. The zero-order valence-electron chi connectivity index (χ0n) is 15.1. The summed E-state index contributed by atoms with van der Waals surface area (Å²) in [5, 5.41) is 3.45. The van der Waals surface area contributed by atoms with Crippen LogP contribution in [0.25, 0.3) is 0 Å². The quantitative estimate of drug-likeness (QED) is 0.369. The van der Waals surface area contributed by atoms with Crippen LogP contribution in [0.1, 0.15) is 11.1 Å². The number of ether oxygens (including phenoxy) is 2. The van der Waals surface area contributed by atoms with Gasteiger partial charge in [0.25, 0.3) is 0 Å². The Morgan fingerprint density at radius 1 is 1.07 bits per heavy atom. The lowest BCUT2D eigenvalue weighted by Gasteiger charge is -2.14. The van der Waals surface area contributed by atoms with E-state index >= 15 is 0 Å². The van der Waals surface area contributed by atoms with Crippen molar-refractivity contribution < 1.29 is 23.5 Å². The van der Waals surface area contributed by atoms with Crippen LogP contribution in [-0.2, 0) is 19.1 Å². The van der Waals surface area contributed by atoms with Gasteiger partial charge in [0.2, 0.25) is 0 Å². The number of rotatable bonds is 3. The van der Waals surface area contributed by atoms with E-state index in [-0.39, 0.29) is 23.4 Å². The van der Waals surface area contributed by atoms with Crippen LogP contribution in [0.2, 0.25) is 5.02 Å². The minimum atomic E-state index is -0.866. The van der Waals surface area contributed by atoms with Gasteiger partial charge in [-0.15, -0.1) is 0 Å². The van der Waals surface area contributed by atoms with Gasteiger partial charge in [0, 0.05) is 21.8 Å². The van der Waals surface area contributed by atoms with Crippen molar-refractivity contribution in [2.75, 3.05) is 26.1 Å². The molecular weight excluding hydrogens is 387 g/mol. The van der Waals surface area contributed by atoms with E-state index in [0.29, 0.717) is 22.0 Å². The highest BCUT2D eigenvalue weighted by Crippen LogP contribution is 2.29. The van der Waals surface area contributed by atoms with E-state index < -0.39 is 17.8 Å². The van der Waals surface area contributed by atoms with E-state index in [1.807, 2.05) is 0 Å². The van der Waals surface area contributed by atoms with Gasteiger partial charge in [-0.2, -0.15) is 0 Å². The number of methoxy groups -OCH3 is 2. The zero-order valence-corrected chi connectivity index (χ0v) is 15.8. The Morgan fingerprint density at radius 2 is 1.75 bits per heavy atom. The van der Waals surface area contributed by atoms with Crippen LogP contribution in [0.15, 0.2) is 58.7 Å². The molecule has 28 heavy (non-hydrogen) atoms. The maximum Gasteiger partial charge on any atom is 0.347 e. The van der Waals surface area contributed by atoms with Crippen LogP contribution in [0.4, 0.5) is 10.1 Å². The number of benzodiazepines with no additional fused rings is 1. The van der Waals surface area contributed by atoms with Gasteiger partial charge in [0.05, 0.1) is 32.2 Å². The molecule has 1 aliphatic heterocycles. The van der Waals surface area contributed by atoms with Gasteiger partial charge in [-0.3, -0.25) is 4.99 Å². The monoisotopic (exact) mass is 402 g/mol. The Balaban J connectivity index is 2.24. The van der Waals surface area contributed by atoms with Crippen molar-refractivity contribution in [1.29, 1.82) is 0 Å². The zero-order chi connectivity index (χ0) is 20.3. The molecule has 6 nitrogen and oxygen atoms in total. The number of carbonyl (C=O) groups is 2. The average molecular weight is 403 g/mol. The van der Waals surface area contributed by atoms with E-state index in [1.165, 1.54) is 6.07 Å². The number of aliphatic imine (C=N–C) groups is 1. The third-order valence-corrected chi connectivity index (χ3v) is 4.36. The van der Waals surface area contributed by atoms with Crippen molar-refractivity contribution in [2.24, 2.45) is 4.99 Å². The van der Waals surface area contributed by atoms with Crippen LogP contribution in [-0.4, -0.2) is 38.4 Å². The Bertz CT molecular complexity index is 999. The maximum atomic E-state index is 14.4. The van der Waals surface area contributed by atoms with Crippen molar-refractivity contribution in [3.8, 4) is 0 Å². The molecule has 1 N–H and O–H groups in total. The molecule has 0 atom stereocenters. The van der Waals surface area contributed by atoms with Crippen molar-refractivity contribution in [2.45, 2.75) is 0 Å². The SMILES string of the molecule is COC(=O)C(C(=O)OC)=C1CN=C(c2ccccc2F)c2cc(Cl)ccc2N1. The second kappa shape index (κ2) is 8.22. The fourth-order valence-corrected chi connectivity index (χ4v) is 3.00. The molecule has 0 unspecified atom stereocenters. The van der Waals surface area contributed by atoms with Crippen LogP contribution >= 0.6 is 11.6 Å². The van der Waals surface area contributed by atoms with Gasteiger partial charge in [0.1, 0.15) is 5.82 Å². The van der Waals surface area contributed by atoms with Gasteiger partial charge in [-0.1, -0.05) is 23.7 Å². The molecule has 2 aromatic rings. The van der Waals surface area contributed by atoms with Gasteiger partial charge in [-0.25, -0.2) is 14.0 Å². The van der Waals surface area contributed by atoms with Crippen LogP contribution in [0.3, 0.4) is 0 Å². The lowest BCUT2D eigenvalue weighted by Crippen LogP contribution is -2.22. The third kappa shape index (κ3) is 3.75. The highest BCUT2D eigenvalue weighted by Gasteiger charge is 2.28. The minimum absolute atomic E-state index is 0.102. The number of esters is 2. The van der Waals surface area contributed by atoms with Crippen LogP contribution in [0, 0.1) is 5.82 Å². The summed E-state index contributed by atoms with van der Waals surface area (Å²) >= 11 is 6.13. The number of nitrogens with zero attached hydrogens (tertiary/aromatic N) is 1. The fourth-order valence-electron chi connectivity index (χ4n) is 2.83. The molecular formula is C20H16ClFN2O4. The molecule has 0 radical (unpaired) electrons. The predicted octanol–water partition coefficient (Wildman–Crippen LogP) is 3.34. The standard InChI is InChI=1S/C20H16ClFN2O4/c1-27-19(25)17(20(26)28-2)16-10-23-18(12-5-3-4-6-14(12)22)13-9-11(21)7-8-15(13)24-16/h3-9,24H,10H2,1-2H3. The summed E-state index contributed by atoms with van der Waals surface area (Å²) in [5.41, 5.74) is 1.50. The number of anilines is 1. The predicted molar refractivity (Wildman–Crippen MR) is 103 cm³/mol. The Morgan fingerprint density at radius 3 is 2.39 bits per heavy atom. The number of nitrogens with one attached hydrogen (secondary N) is 1. The molecule has 1 aliphatic rings. The largest absolute Gasteiger partial charge is 0.465 e. The first-order chi connectivity index (χ1) is 13.5. The lowest BCUT2D eigenvalue weighted by molar-refractivity contribution is -0.144. The van der Waals surface area contributed by atoms with Crippen LogP contribution in [0.5, 0.6) is 0 Å². The third-order valence-electron chi connectivity index (χ3n) is 4.13. The molecule has 8 heteroatoms. The lowest BCUT2D eigenvalue weighted by atomic mass is 10.00. The average Bonchev–Trinajstić information content (AvgIpc) is 2.87. The molecule has 3 rings (SSSR count). The Kier molecular flexibility index (Phi) is 5.75. The molecule has 0 amide bonds. The van der Waals surface area contributed by atoms with E-state index in [2.05, 4.69) is 10.3 Å². The summed E-state index contributed by atoms with van der Waals surface area (Å²) in [5.74, 6) is -2.19. The van der Waals surface area contributed by atoms with Crippen molar-refractivity contribution in [1.82, 2.24) is 0 Å². The number of benzene rings is 2. The maximum absolute atomic E-state index is 14.4. The number of fused-ring (bicyclic) bond motifs is 1. The molecule has 0 aliphatic carbocycles. The second-order valence-corrected chi connectivity index (χ2v) is 6.23. The summed E-state index contributed by atoms with van der Waals surface area (Å²) in [7, 11) is 2.31. The van der Waals surface area contributed by atoms with Crippen molar-refractivity contribution >= 4 is 34.9 Å². The summed E-state index contributed by atoms with van der Waals surface area (Å²) < 4.78 is 23.8. The number of hydrogen-bond donors (Lipinski definition) is 1. The summed E-state index contributed by atoms with van der Waals surface area (Å²) in [6.45, 7) is -0.102. The molecule has 0 bridgehead atoms. The van der Waals surface area contributed by atoms with Crippen LogP contribution < -0.4 is 5.32 Å². The molecule has 0 saturated heterocycles. The fraction of sp³-hybridized carbons (Fsp3) is 0.150. The van der Waals surface area contributed by atoms with Gasteiger partial charge in [0.15, 0.2) is 5.57 Å². The molecule has 1 heterocycles. The summed E-state index contributed by atoms with van der Waals surface area (Å²) in [6.07, 6.45) is 0. The van der Waals surface area contributed by atoms with Gasteiger partial charge >= 0.3 is 11.9 Å². The molecule has 0 fully saturated rings. The first-order valence-corrected chi connectivity index (χ1v) is 8.60. The van der Waals surface area contributed by atoms with E-state index in [9.17, 15) is 14.0 Å². The van der Waals surface area contributed by atoms with E-state index in [1.54, 1.807) is 36.4 Å². The second-order valence-electron chi connectivity index (χ2n) is 5.80. The van der Waals surface area contributed by atoms with E-state index in [4.69, 9.17) is 21.1 Å². The van der Waals surface area contributed by atoms with Gasteiger partial charge < -0.3 is 14.8 Å². The molecule has 0 spiro atoms. The molecule has 0 aromatic heterocycles. The summed E-state index contributed by atoms with van der Waals surface area (Å²) in [4.78, 5) is 28.7. The Labute approximate surface area is 165 Å². The minimum Gasteiger partial charge on any atom is -0.465 e. The Hall–Kier alpha value is -3.19. The number of carbonyl (C=O) groups excluding carboxylic acids is 2.